The Bertz CT molecular complexity index is 470. The zero-order chi connectivity index (χ0) is 14.0. The Hall–Kier alpha value is -1.35. The van der Waals surface area contributed by atoms with E-state index in [1.165, 1.54) is 12.0 Å². The summed E-state index contributed by atoms with van der Waals surface area (Å²) in [7, 11) is 0. The Labute approximate surface area is 121 Å². The average Bonchev–Trinajstić information content (AvgIpc) is 3.19. The lowest BCUT2D eigenvalue weighted by Gasteiger charge is -2.26. The lowest BCUT2D eigenvalue weighted by molar-refractivity contribution is -0.131. The molecule has 0 spiro atoms. The van der Waals surface area contributed by atoms with Crippen molar-refractivity contribution in [2.75, 3.05) is 13.1 Å². The summed E-state index contributed by atoms with van der Waals surface area (Å²) in [5.74, 6) is 0.273. The zero-order valence-electron chi connectivity index (χ0n) is 12.1. The van der Waals surface area contributed by atoms with Crippen LogP contribution in [0, 0.1) is 0 Å². The van der Waals surface area contributed by atoms with E-state index in [0.29, 0.717) is 6.42 Å². The molecule has 1 aromatic rings. The molecule has 108 valence electrons. The molecule has 20 heavy (non-hydrogen) atoms. The van der Waals surface area contributed by atoms with Gasteiger partial charge in [-0.1, -0.05) is 24.3 Å². The van der Waals surface area contributed by atoms with Crippen molar-refractivity contribution in [2.45, 2.75) is 50.5 Å². The number of hydrogen-bond donors (Lipinski definition) is 1. The van der Waals surface area contributed by atoms with Crippen molar-refractivity contribution in [3.8, 4) is 0 Å². The van der Waals surface area contributed by atoms with Crippen molar-refractivity contribution in [1.29, 1.82) is 0 Å². The van der Waals surface area contributed by atoms with Crippen LogP contribution < -0.4 is 5.73 Å². The molecule has 2 N–H and O–H groups in total. The lowest BCUT2D eigenvalue weighted by atomic mass is 10.0. The van der Waals surface area contributed by atoms with E-state index in [9.17, 15) is 4.79 Å². The van der Waals surface area contributed by atoms with Crippen molar-refractivity contribution in [3.05, 3.63) is 35.4 Å². The second-order valence-corrected chi connectivity index (χ2v) is 6.47. The van der Waals surface area contributed by atoms with E-state index in [0.717, 1.165) is 50.8 Å². The molecule has 1 aromatic carbocycles. The minimum absolute atomic E-state index is 0.0607. The first-order chi connectivity index (χ1) is 9.65. The quantitative estimate of drug-likeness (QED) is 0.914. The molecular formula is C17H24N2O. The van der Waals surface area contributed by atoms with Gasteiger partial charge in [0.25, 0.3) is 0 Å². The van der Waals surface area contributed by atoms with Gasteiger partial charge < -0.3 is 10.6 Å². The summed E-state index contributed by atoms with van der Waals surface area (Å²) in [4.78, 5) is 14.2. The van der Waals surface area contributed by atoms with E-state index in [1.807, 2.05) is 4.90 Å². The van der Waals surface area contributed by atoms with Gasteiger partial charge in [-0.15, -0.1) is 0 Å². The minimum atomic E-state index is 0.0607. The topological polar surface area (TPSA) is 46.3 Å². The highest BCUT2D eigenvalue weighted by molar-refractivity contribution is 5.78. The highest BCUT2D eigenvalue weighted by Crippen LogP contribution is 2.35. The third-order valence-electron chi connectivity index (χ3n) is 4.54. The van der Waals surface area contributed by atoms with Crippen LogP contribution in [-0.2, 0) is 17.6 Å². The summed E-state index contributed by atoms with van der Waals surface area (Å²) in [5.41, 5.74) is 8.60. The van der Waals surface area contributed by atoms with Crippen LogP contribution in [0.15, 0.2) is 24.3 Å². The number of rotatable bonds is 4. The number of piperidine rings is 1. The predicted molar refractivity (Wildman–Crippen MR) is 80.4 cm³/mol. The summed E-state index contributed by atoms with van der Waals surface area (Å²) in [6.45, 7) is 1.87. The van der Waals surface area contributed by atoms with E-state index >= 15 is 0 Å². The first-order valence-electron chi connectivity index (χ1n) is 7.79. The number of carbonyl (C=O) groups excluding carboxylic acids is 1. The van der Waals surface area contributed by atoms with Crippen molar-refractivity contribution >= 4 is 5.91 Å². The van der Waals surface area contributed by atoms with Crippen LogP contribution in [0.1, 0.15) is 43.2 Å². The number of nitrogens with zero attached hydrogens (tertiary/aromatic N) is 1. The first-order valence-corrected chi connectivity index (χ1v) is 7.79. The first kappa shape index (κ1) is 13.6. The molecule has 0 atom stereocenters. The maximum Gasteiger partial charge on any atom is 0.226 e. The van der Waals surface area contributed by atoms with E-state index < -0.39 is 0 Å². The predicted octanol–water partition coefficient (Wildman–Crippen LogP) is 2.28. The second kappa shape index (κ2) is 5.57. The van der Waals surface area contributed by atoms with E-state index in [4.69, 9.17) is 5.73 Å². The third kappa shape index (κ3) is 3.40. The average molecular weight is 272 g/mol. The van der Waals surface area contributed by atoms with Crippen molar-refractivity contribution in [1.82, 2.24) is 4.90 Å². The van der Waals surface area contributed by atoms with Gasteiger partial charge >= 0.3 is 0 Å². The molecule has 1 saturated carbocycles. The molecule has 1 heterocycles. The largest absolute Gasteiger partial charge is 0.342 e. The fourth-order valence-corrected chi connectivity index (χ4v) is 2.95. The van der Waals surface area contributed by atoms with Gasteiger partial charge in [0.1, 0.15) is 0 Å². The van der Waals surface area contributed by atoms with Crippen LogP contribution in [0.4, 0.5) is 0 Å². The maximum absolute atomic E-state index is 12.2. The standard InChI is InChI=1S/C17H24N2O/c18-17(8-9-17)13-15-6-4-14(5-7-15)12-16(20)19-10-2-1-3-11-19/h4-7H,1-3,8-13,18H2. The van der Waals surface area contributed by atoms with Gasteiger partial charge in [-0.2, -0.15) is 0 Å². The Morgan fingerprint density at radius 3 is 2.25 bits per heavy atom. The number of nitrogens with two attached hydrogens (primary N) is 1. The Morgan fingerprint density at radius 2 is 1.65 bits per heavy atom. The van der Waals surface area contributed by atoms with Crippen molar-refractivity contribution < 1.29 is 4.79 Å². The maximum atomic E-state index is 12.2. The summed E-state index contributed by atoms with van der Waals surface area (Å²) >= 11 is 0. The highest BCUT2D eigenvalue weighted by Gasteiger charge is 2.37. The summed E-state index contributed by atoms with van der Waals surface area (Å²) in [6.07, 6.45) is 7.36. The molecule has 2 aliphatic rings. The molecule has 3 rings (SSSR count). The number of likely N-dealkylation sites (tertiary alicyclic amines) is 1. The van der Waals surface area contributed by atoms with Crippen LogP contribution >= 0.6 is 0 Å². The van der Waals surface area contributed by atoms with Gasteiger partial charge in [-0.3, -0.25) is 4.79 Å². The van der Waals surface area contributed by atoms with Gasteiger partial charge in [0.15, 0.2) is 0 Å². The molecule has 0 unspecified atom stereocenters. The van der Waals surface area contributed by atoms with E-state index in [-0.39, 0.29) is 11.4 Å². The minimum Gasteiger partial charge on any atom is -0.342 e. The Kier molecular flexibility index (Phi) is 3.79. The van der Waals surface area contributed by atoms with Gasteiger partial charge in [0.05, 0.1) is 6.42 Å². The molecule has 0 bridgehead atoms. The number of carbonyl (C=O) groups is 1. The summed E-state index contributed by atoms with van der Waals surface area (Å²) in [5, 5.41) is 0. The summed E-state index contributed by atoms with van der Waals surface area (Å²) in [6, 6.07) is 8.43. The van der Waals surface area contributed by atoms with Crippen LogP contribution in [0.2, 0.25) is 0 Å². The number of amides is 1. The lowest BCUT2D eigenvalue weighted by Crippen LogP contribution is -2.36. The fourth-order valence-electron chi connectivity index (χ4n) is 2.95. The van der Waals surface area contributed by atoms with Crippen molar-refractivity contribution in [2.24, 2.45) is 5.73 Å². The van der Waals surface area contributed by atoms with Crippen LogP contribution in [0.3, 0.4) is 0 Å². The third-order valence-corrected chi connectivity index (χ3v) is 4.54. The Balaban J connectivity index is 1.55. The SMILES string of the molecule is NC1(Cc2ccc(CC(=O)N3CCCCC3)cc2)CC1. The molecule has 0 aromatic heterocycles. The molecule has 3 heteroatoms. The van der Waals surface area contributed by atoms with Crippen LogP contribution in [0.5, 0.6) is 0 Å². The smallest absolute Gasteiger partial charge is 0.226 e. The second-order valence-electron chi connectivity index (χ2n) is 6.47. The van der Waals surface area contributed by atoms with E-state index in [1.54, 1.807) is 0 Å². The molecular weight excluding hydrogens is 248 g/mol. The monoisotopic (exact) mass is 272 g/mol. The number of benzene rings is 1. The Morgan fingerprint density at radius 1 is 1.05 bits per heavy atom. The number of hydrogen-bond acceptors (Lipinski definition) is 2. The molecule has 1 aliphatic heterocycles. The zero-order valence-corrected chi connectivity index (χ0v) is 12.1. The molecule has 1 aliphatic carbocycles. The van der Waals surface area contributed by atoms with E-state index in [2.05, 4.69) is 24.3 Å². The molecule has 0 radical (unpaired) electrons. The molecule has 2 fully saturated rings. The molecule has 1 amide bonds. The van der Waals surface area contributed by atoms with Gasteiger partial charge in [0, 0.05) is 18.6 Å². The van der Waals surface area contributed by atoms with Crippen LogP contribution in [-0.4, -0.2) is 29.4 Å². The molecule has 1 saturated heterocycles. The van der Waals surface area contributed by atoms with Gasteiger partial charge in [0.2, 0.25) is 5.91 Å². The summed E-state index contributed by atoms with van der Waals surface area (Å²) < 4.78 is 0. The van der Waals surface area contributed by atoms with Crippen molar-refractivity contribution in [3.63, 3.8) is 0 Å². The van der Waals surface area contributed by atoms with Gasteiger partial charge in [-0.05, 0) is 49.7 Å². The van der Waals surface area contributed by atoms with Gasteiger partial charge in [-0.25, -0.2) is 0 Å². The fraction of sp³-hybridized carbons (Fsp3) is 0.588. The molecule has 3 nitrogen and oxygen atoms in total. The van der Waals surface area contributed by atoms with Crippen LogP contribution in [0.25, 0.3) is 0 Å². The highest BCUT2D eigenvalue weighted by atomic mass is 16.2. The normalized spacial score (nSPS) is 20.8.